The fourth-order valence-corrected chi connectivity index (χ4v) is 6.43. The number of halogens is 6. The fourth-order valence-electron chi connectivity index (χ4n) is 5.53. The Bertz CT molecular complexity index is 1800. The molecule has 3 aromatic carbocycles. The summed E-state index contributed by atoms with van der Waals surface area (Å²) in [6.07, 6.45) is 0.628. The van der Waals surface area contributed by atoms with Crippen LogP contribution in [0, 0.1) is 18.6 Å². The lowest BCUT2D eigenvalue weighted by molar-refractivity contribution is -0.0502. The zero-order chi connectivity index (χ0) is 29.4. The van der Waals surface area contributed by atoms with Crippen LogP contribution in [0.2, 0.25) is 0 Å². The van der Waals surface area contributed by atoms with E-state index in [9.17, 15) is 21.6 Å². The highest BCUT2D eigenvalue weighted by Crippen LogP contribution is 2.44. The normalized spacial score (nSPS) is 20.4. The first-order valence-electron chi connectivity index (χ1n) is 12.4. The topological polar surface area (TPSA) is 55.6 Å². The van der Waals surface area contributed by atoms with Gasteiger partial charge in [-0.05, 0) is 54.6 Å². The van der Waals surface area contributed by atoms with E-state index in [1.165, 1.54) is 0 Å². The maximum Gasteiger partial charge on any atom is 0.534 e. The Labute approximate surface area is 232 Å². The molecule has 0 saturated carbocycles. The molecule has 0 aromatic heterocycles. The number of hydrogen-bond donors (Lipinski definition) is 0. The van der Waals surface area contributed by atoms with Crippen LogP contribution in [-0.2, 0) is 10.1 Å². The molecule has 0 aliphatic carbocycles. The van der Waals surface area contributed by atoms with E-state index in [2.05, 4.69) is 4.18 Å². The van der Waals surface area contributed by atoms with E-state index in [1.54, 1.807) is 37.3 Å². The number of hydrogen-bond acceptors (Lipinski definition) is 4. The number of alkyl halides is 4. The van der Waals surface area contributed by atoms with Crippen molar-refractivity contribution >= 4 is 27.3 Å². The minimum Gasteiger partial charge on any atom is -0.453 e. The molecule has 2 aliphatic rings. The van der Waals surface area contributed by atoms with Gasteiger partial charge >= 0.3 is 15.6 Å². The van der Waals surface area contributed by atoms with E-state index in [1.807, 2.05) is 31.4 Å². The molecular weight excluding hydrogens is 577 g/mol. The van der Waals surface area contributed by atoms with Crippen molar-refractivity contribution in [2.75, 3.05) is 6.54 Å². The second-order valence-electron chi connectivity index (χ2n) is 10.1. The molecule has 2 aliphatic heterocycles. The van der Waals surface area contributed by atoms with Crippen molar-refractivity contribution in [3.63, 3.8) is 0 Å². The quantitative estimate of drug-likeness (QED) is 0.0739. The summed E-state index contributed by atoms with van der Waals surface area (Å²) in [5.41, 5.74) is -3.34. The minimum atomic E-state index is -6.36. The molecule has 12 heteroatoms. The Balaban J connectivity index is 1.89. The second kappa shape index (κ2) is 9.44. The van der Waals surface area contributed by atoms with Gasteiger partial charge in [-0.3, -0.25) is 0 Å². The molecule has 2 atom stereocenters. The molecule has 2 unspecified atom stereocenters. The van der Waals surface area contributed by atoms with Gasteiger partial charge < -0.3 is 8.92 Å². The summed E-state index contributed by atoms with van der Waals surface area (Å²) in [5.74, 6) is -5.61. The Morgan fingerprint density at radius 3 is 2.45 bits per heavy atom. The van der Waals surface area contributed by atoms with Gasteiger partial charge in [0.1, 0.15) is 12.3 Å². The fraction of sp³-hybridized carbons (Fsp3) is 0.321. The van der Waals surface area contributed by atoms with E-state index in [0.29, 0.717) is 29.3 Å². The third-order valence-corrected chi connectivity index (χ3v) is 8.59. The summed E-state index contributed by atoms with van der Waals surface area (Å²) < 4.78 is 105. The van der Waals surface area contributed by atoms with E-state index in [0.717, 1.165) is 22.6 Å². The summed E-state index contributed by atoms with van der Waals surface area (Å²) in [6.45, 7) is 8.17. The molecule has 3 aromatic rings. The first kappa shape index (κ1) is 28.4. The highest BCUT2D eigenvalue weighted by Gasteiger charge is 2.50. The van der Waals surface area contributed by atoms with Gasteiger partial charge in [0.15, 0.2) is 11.6 Å². The molecule has 5 rings (SSSR count). The molecule has 0 saturated heterocycles. The third kappa shape index (κ3) is 4.43. The third-order valence-electron chi connectivity index (χ3n) is 7.28. The van der Waals surface area contributed by atoms with Crippen LogP contribution in [-0.4, -0.2) is 25.5 Å². The van der Waals surface area contributed by atoms with E-state index in [-0.39, 0.29) is 17.2 Å². The molecule has 5 nitrogen and oxygen atoms in total. The summed E-state index contributed by atoms with van der Waals surface area (Å²) >= 11 is 6.85. The van der Waals surface area contributed by atoms with Gasteiger partial charge in [0, 0.05) is 35.3 Å². The summed E-state index contributed by atoms with van der Waals surface area (Å²) in [4.78, 5) is -0.730. The lowest BCUT2D eigenvalue weighted by Crippen LogP contribution is -2.51. The first-order chi connectivity index (χ1) is 18.6. The monoisotopic (exact) mass is 600 g/mol. The van der Waals surface area contributed by atoms with Gasteiger partial charge in [-0.15, -0.1) is 0 Å². The van der Waals surface area contributed by atoms with E-state index in [4.69, 9.17) is 16.3 Å². The largest absolute Gasteiger partial charge is 0.534 e. The summed E-state index contributed by atoms with van der Waals surface area (Å²) in [6, 6.07) is 11.3. The minimum absolute atomic E-state index is 0.0157. The zero-order valence-corrected chi connectivity index (χ0v) is 23.4. The second-order valence-corrected chi connectivity index (χ2v) is 12.4. The molecule has 0 fully saturated rings. The van der Waals surface area contributed by atoms with Crippen molar-refractivity contribution in [3.05, 3.63) is 86.9 Å². The number of benzene rings is 3. The molecule has 0 amide bonds. The van der Waals surface area contributed by atoms with Crippen LogP contribution in [0.1, 0.15) is 55.4 Å². The average Bonchev–Trinajstić information content (AvgIpc) is 2.84. The van der Waals surface area contributed by atoms with Gasteiger partial charge in [0.05, 0.1) is 6.07 Å². The van der Waals surface area contributed by atoms with Gasteiger partial charge in [-0.1, -0.05) is 31.2 Å². The lowest BCUT2D eigenvalue weighted by Gasteiger charge is -2.30. The van der Waals surface area contributed by atoms with Gasteiger partial charge in [-0.25, -0.2) is 8.97 Å². The smallest absolute Gasteiger partial charge is 0.453 e. The number of nitrogens with zero attached hydrogens (tertiary/aromatic N) is 1. The van der Waals surface area contributed by atoms with Crippen LogP contribution < -0.4 is 24.1 Å². The van der Waals surface area contributed by atoms with Crippen molar-refractivity contribution in [1.29, 1.82) is 0 Å². The van der Waals surface area contributed by atoms with Gasteiger partial charge in [0.25, 0.3) is 0 Å². The molecule has 0 N–H and O–H groups in total. The van der Waals surface area contributed by atoms with Crippen molar-refractivity contribution in [1.82, 2.24) is 4.58 Å². The van der Waals surface area contributed by atoms with Crippen molar-refractivity contribution in [2.24, 2.45) is 0 Å². The first-order valence-corrected chi connectivity index (χ1v) is 14.1. The molecule has 0 spiro atoms. The van der Waals surface area contributed by atoms with Crippen LogP contribution in [0.5, 0.6) is 17.2 Å². The van der Waals surface area contributed by atoms with E-state index >= 15 is 8.78 Å². The predicted molar refractivity (Wildman–Crippen MR) is 140 cm³/mol. The molecule has 0 radical (unpaired) electrons. The van der Waals surface area contributed by atoms with Crippen LogP contribution in [0.4, 0.5) is 22.0 Å². The van der Waals surface area contributed by atoms with Crippen LogP contribution in [0.15, 0.2) is 42.5 Å². The maximum atomic E-state index is 15.7. The van der Waals surface area contributed by atoms with Crippen molar-refractivity contribution < 1.29 is 39.3 Å². The Hall–Kier alpha value is -3.18. The van der Waals surface area contributed by atoms with E-state index < -0.39 is 43.8 Å². The molecule has 40 heavy (non-hydrogen) atoms. The van der Waals surface area contributed by atoms with Crippen LogP contribution >= 0.6 is 11.6 Å². The highest BCUT2D eigenvalue weighted by molar-refractivity contribution is 7.88. The summed E-state index contributed by atoms with van der Waals surface area (Å²) in [5, 5.41) is 1.24. The molecule has 0 bridgehead atoms. The zero-order valence-electron chi connectivity index (χ0n) is 21.8. The van der Waals surface area contributed by atoms with Crippen molar-refractivity contribution in [3.8, 4) is 17.2 Å². The number of fused-ring (bicyclic) bond motifs is 3. The Morgan fingerprint density at radius 2 is 1.82 bits per heavy atom. The van der Waals surface area contributed by atoms with Crippen LogP contribution in [0.3, 0.4) is 0 Å². The number of ether oxygens (including phenoxy) is 1. The van der Waals surface area contributed by atoms with Crippen LogP contribution in [0.25, 0.3) is 5.57 Å². The lowest BCUT2D eigenvalue weighted by atomic mass is 9.85. The Kier molecular flexibility index (Phi) is 6.69. The molecule has 2 heterocycles. The average molecular weight is 601 g/mol. The SMILES string of the molecule is CC[N+]1=c2cc3c(cc2C(C)CC1(C)Cl)=C(c1ccccc1C)c1cc(F)c(OS(=O)(=O)C(F)(F)F)c(F)c1O3. The molecule has 212 valence electrons. The maximum absolute atomic E-state index is 15.7. The summed E-state index contributed by atoms with van der Waals surface area (Å²) in [7, 11) is -6.36. The molecular formula is C28H24ClF5NO4S+. The standard InChI is InChI=1S/C28H24ClF5NO4S/c1-5-35-21-12-22-18(10-17(21)15(3)13-27(35,4)29)23(16-9-7-6-8-14(16)2)19-11-20(30)26(24(31)25(19)38-22)39-40(36,37)28(32,33)34/h6-12,15H,5,13H2,1-4H3/q+1. The van der Waals surface area contributed by atoms with Gasteiger partial charge in [-0.2, -0.15) is 26.0 Å². The number of aryl methyl sites for hydroxylation is 1. The number of rotatable bonds is 4. The highest BCUT2D eigenvalue weighted by atomic mass is 35.5. The Morgan fingerprint density at radius 1 is 1.15 bits per heavy atom. The van der Waals surface area contributed by atoms with Crippen molar-refractivity contribution in [2.45, 2.75) is 50.5 Å². The van der Waals surface area contributed by atoms with Gasteiger partial charge in [0.2, 0.25) is 21.9 Å². The predicted octanol–water partition coefficient (Wildman–Crippen LogP) is 5.83.